The van der Waals surface area contributed by atoms with Gasteiger partial charge in [-0.2, -0.15) is 0 Å². The summed E-state index contributed by atoms with van der Waals surface area (Å²) in [5, 5.41) is 5.46. The van der Waals surface area contributed by atoms with Gasteiger partial charge in [-0.1, -0.05) is 30.3 Å². The number of para-hydroxylation sites is 2. The number of benzene rings is 3. The monoisotopic (exact) mass is 410 g/mol. The lowest BCUT2D eigenvalue weighted by atomic mass is 10.2. The van der Waals surface area contributed by atoms with Gasteiger partial charge in [0.2, 0.25) is 0 Å². The van der Waals surface area contributed by atoms with E-state index in [1.807, 2.05) is 12.1 Å². The molecule has 156 valence electrons. The molecule has 0 fully saturated rings. The van der Waals surface area contributed by atoms with Gasteiger partial charge in [0.25, 0.3) is 0 Å². The zero-order valence-corrected chi connectivity index (χ0v) is 16.6. The van der Waals surface area contributed by atoms with Crippen molar-refractivity contribution in [3.8, 4) is 17.2 Å². The molecule has 0 saturated carbocycles. The minimum Gasteiger partial charge on any atom is -0.493 e. The van der Waals surface area contributed by atoms with Crippen molar-refractivity contribution in [2.24, 2.45) is 0 Å². The first-order valence-corrected chi connectivity index (χ1v) is 9.42. The van der Waals surface area contributed by atoms with E-state index in [2.05, 4.69) is 10.6 Å². The topological polar surface area (TPSA) is 68.8 Å². The summed E-state index contributed by atoms with van der Waals surface area (Å²) in [7, 11) is 1.57. The molecule has 0 aromatic heterocycles. The van der Waals surface area contributed by atoms with Crippen molar-refractivity contribution < 1.29 is 23.4 Å². The fourth-order valence-electron chi connectivity index (χ4n) is 2.70. The van der Waals surface area contributed by atoms with Gasteiger partial charge < -0.3 is 24.8 Å². The molecule has 0 aliphatic heterocycles. The van der Waals surface area contributed by atoms with Crippen LogP contribution >= 0.6 is 0 Å². The summed E-state index contributed by atoms with van der Waals surface area (Å²) in [5.74, 6) is 1.51. The van der Waals surface area contributed by atoms with Crippen molar-refractivity contribution in [2.75, 3.05) is 25.6 Å². The molecule has 0 aliphatic rings. The Bertz CT molecular complexity index is 981. The number of ether oxygens (including phenoxy) is 3. The third kappa shape index (κ3) is 6.41. The summed E-state index contributed by atoms with van der Waals surface area (Å²) in [6.07, 6.45) is 0. The number of methoxy groups -OCH3 is 1. The van der Waals surface area contributed by atoms with Crippen molar-refractivity contribution in [3.63, 3.8) is 0 Å². The van der Waals surface area contributed by atoms with Gasteiger partial charge in [-0.05, 0) is 42.0 Å². The van der Waals surface area contributed by atoms with Crippen molar-refractivity contribution in [1.29, 1.82) is 0 Å². The molecule has 0 spiro atoms. The maximum atomic E-state index is 13.2. The van der Waals surface area contributed by atoms with Gasteiger partial charge in [0, 0.05) is 11.8 Å². The highest BCUT2D eigenvalue weighted by atomic mass is 19.1. The SMILES string of the molecule is COc1ccccc1OCCNC(=O)Nc1cccc(OCc2cccc(F)c2)c1. The average molecular weight is 410 g/mol. The van der Waals surface area contributed by atoms with Crippen LogP contribution in [0.15, 0.2) is 72.8 Å². The third-order valence-electron chi connectivity index (χ3n) is 4.10. The van der Waals surface area contributed by atoms with Crippen molar-refractivity contribution in [1.82, 2.24) is 5.32 Å². The fourth-order valence-corrected chi connectivity index (χ4v) is 2.70. The number of hydrogen-bond donors (Lipinski definition) is 2. The molecule has 2 N–H and O–H groups in total. The van der Waals surface area contributed by atoms with E-state index in [1.54, 1.807) is 55.6 Å². The smallest absolute Gasteiger partial charge is 0.319 e. The molecule has 0 heterocycles. The van der Waals surface area contributed by atoms with Crippen LogP contribution in [0.3, 0.4) is 0 Å². The number of carbonyl (C=O) groups is 1. The number of urea groups is 1. The zero-order valence-electron chi connectivity index (χ0n) is 16.6. The van der Waals surface area contributed by atoms with E-state index in [0.29, 0.717) is 36.1 Å². The van der Waals surface area contributed by atoms with Gasteiger partial charge in [0.15, 0.2) is 11.5 Å². The normalized spacial score (nSPS) is 10.2. The first-order valence-electron chi connectivity index (χ1n) is 9.42. The van der Waals surface area contributed by atoms with Gasteiger partial charge in [0.1, 0.15) is 24.8 Å². The maximum Gasteiger partial charge on any atom is 0.319 e. The summed E-state index contributed by atoms with van der Waals surface area (Å²) in [6, 6.07) is 20.1. The lowest BCUT2D eigenvalue weighted by molar-refractivity contribution is 0.246. The number of halogens is 1. The van der Waals surface area contributed by atoms with Crippen LogP contribution in [0.5, 0.6) is 17.2 Å². The molecule has 7 heteroatoms. The quantitative estimate of drug-likeness (QED) is 0.506. The predicted octanol–water partition coefficient (Wildman–Crippen LogP) is 4.61. The van der Waals surface area contributed by atoms with E-state index < -0.39 is 0 Å². The Hall–Kier alpha value is -3.74. The molecule has 3 aromatic carbocycles. The van der Waals surface area contributed by atoms with Gasteiger partial charge in [0.05, 0.1) is 13.7 Å². The minimum atomic E-state index is -0.360. The summed E-state index contributed by atoms with van der Waals surface area (Å²) in [5.41, 5.74) is 1.30. The molecule has 0 aliphatic carbocycles. The number of carbonyl (C=O) groups excluding carboxylic acids is 1. The molecule has 6 nitrogen and oxygen atoms in total. The molecule has 0 atom stereocenters. The summed E-state index contributed by atoms with van der Waals surface area (Å²) in [6.45, 7) is 0.845. The van der Waals surface area contributed by atoms with Crippen molar-refractivity contribution >= 4 is 11.7 Å². The highest BCUT2D eigenvalue weighted by Gasteiger charge is 2.05. The van der Waals surface area contributed by atoms with E-state index in [0.717, 1.165) is 5.56 Å². The number of hydrogen-bond acceptors (Lipinski definition) is 4. The Morgan fingerprint density at radius 1 is 0.933 bits per heavy atom. The van der Waals surface area contributed by atoms with Crippen molar-refractivity contribution in [2.45, 2.75) is 6.61 Å². The summed E-state index contributed by atoms with van der Waals surface area (Å²) in [4.78, 5) is 12.1. The molecule has 2 amide bonds. The zero-order chi connectivity index (χ0) is 21.2. The third-order valence-corrected chi connectivity index (χ3v) is 4.10. The second kappa shape index (κ2) is 10.7. The number of nitrogens with one attached hydrogen (secondary N) is 2. The largest absolute Gasteiger partial charge is 0.493 e. The molecular weight excluding hydrogens is 387 g/mol. The van der Waals surface area contributed by atoms with Gasteiger partial charge in [-0.15, -0.1) is 0 Å². The van der Waals surface area contributed by atoms with E-state index in [-0.39, 0.29) is 18.5 Å². The average Bonchev–Trinajstić information content (AvgIpc) is 2.76. The Balaban J connectivity index is 1.43. The number of anilines is 1. The first-order chi connectivity index (χ1) is 14.6. The Morgan fingerprint density at radius 2 is 1.73 bits per heavy atom. The maximum absolute atomic E-state index is 13.2. The minimum absolute atomic E-state index is 0.230. The van der Waals surface area contributed by atoms with Crippen LogP contribution in [0.1, 0.15) is 5.56 Å². The van der Waals surface area contributed by atoms with Crippen LogP contribution in [0.2, 0.25) is 0 Å². The highest BCUT2D eigenvalue weighted by Crippen LogP contribution is 2.25. The van der Waals surface area contributed by atoms with E-state index in [9.17, 15) is 9.18 Å². The molecular formula is C23H23FN2O4. The molecule has 0 bridgehead atoms. The van der Waals surface area contributed by atoms with Crippen LogP contribution in [0.4, 0.5) is 14.9 Å². The van der Waals surface area contributed by atoms with Crippen LogP contribution in [-0.4, -0.2) is 26.3 Å². The molecule has 0 unspecified atom stereocenters. The highest BCUT2D eigenvalue weighted by molar-refractivity contribution is 5.89. The van der Waals surface area contributed by atoms with Gasteiger partial charge in [-0.3, -0.25) is 0 Å². The van der Waals surface area contributed by atoms with Crippen LogP contribution in [0.25, 0.3) is 0 Å². The van der Waals surface area contributed by atoms with E-state index in [4.69, 9.17) is 14.2 Å². The second-order valence-corrected chi connectivity index (χ2v) is 6.33. The lowest BCUT2D eigenvalue weighted by Gasteiger charge is -2.12. The lowest BCUT2D eigenvalue weighted by Crippen LogP contribution is -2.32. The van der Waals surface area contributed by atoms with Crippen molar-refractivity contribution in [3.05, 3.63) is 84.2 Å². The number of amides is 2. The standard InChI is InChI=1S/C23H23FN2O4/c1-28-21-10-2-3-11-22(21)29-13-12-25-23(27)26-19-8-5-9-20(15-19)30-16-17-6-4-7-18(24)14-17/h2-11,14-15H,12-13,16H2,1H3,(H2,25,26,27). The Morgan fingerprint density at radius 3 is 2.53 bits per heavy atom. The molecule has 30 heavy (non-hydrogen) atoms. The first kappa shape index (κ1) is 21.0. The Labute approximate surface area is 174 Å². The molecule has 3 rings (SSSR count). The number of rotatable bonds is 9. The summed E-state index contributed by atoms with van der Waals surface area (Å²) < 4.78 is 29.7. The van der Waals surface area contributed by atoms with Crippen LogP contribution < -0.4 is 24.8 Å². The van der Waals surface area contributed by atoms with Crippen LogP contribution in [-0.2, 0) is 6.61 Å². The molecule has 3 aromatic rings. The Kier molecular flexibility index (Phi) is 7.49. The van der Waals surface area contributed by atoms with Gasteiger partial charge >= 0.3 is 6.03 Å². The second-order valence-electron chi connectivity index (χ2n) is 6.33. The summed E-state index contributed by atoms with van der Waals surface area (Å²) >= 11 is 0. The molecule has 0 radical (unpaired) electrons. The van der Waals surface area contributed by atoms with Gasteiger partial charge in [-0.25, -0.2) is 9.18 Å². The van der Waals surface area contributed by atoms with E-state index >= 15 is 0 Å². The fraction of sp³-hybridized carbons (Fsp3) is 0.174. The molecule has 0 saturated heterocycles. The van der Waals surface area contributed by atoms with Crippen LogP contribution in [0, 0.1) is 5.82 Å². The van der Waals surface area contributed by atoms with E-state index in [1.165, 1.54) is 12.1 Å². The predicted molar refractivity (Wildman–Crippen MR) is 113 cm³/mol.